The average Bonchev–Trinajstić information content (AvgIpc) is 3.26. The number of morpholine rings is 1. The minimum Gasteiger partial charge on any atom is -0.465 e. The van der Waals surface area contributed by atoms with Crippen molar-refractivity contribution in [2.45, 2.75) is 19.9 Å². The number of carbonyl (C=O) groups is 1. The predicted molar refractivity (Wildman–Crippen MR) is 102 cm³/mol. The summed E-state index contributed by atoms with van der Waals surface area (Å²) in [7, 11) is 0. The third-order valence-electron chi connectivity index (χ3n) is 5.14. The van der Waals surface area contributed by atoms with Crippen LogP contribution in [0.1, 0.15) is 33.7 Å². The minimum absolute atomic E-state index is 0.0938. The summed E-state index contributed by atoms with van der Waals surface area (Å²) in [6.07, 6.45) is 0. The topological polar surface area (TPSA) is 67.9 Å². The van der Waals surface area contributed by atoms with Gasteiger partial charge in [-0.25, -0.2) is 4.39 Å². The number of nitrogens with one attached hydrogen (secondary N) is 1. The molecule has 2 aromatic heterocycles. The number of fused-ring (bicyclic) bond motifs is 1. The number of benzene rings is 1. The second-order valence-electron chi connectivity index (χ2n) is 7.02. The molecule has 28 heavy (non-hydrogen) atoms. The van der Waals surface area contributed by atoms with E-state index in [1.54, 1.807) is 6.92 Å². The number of ether oxygens (including phenoxy) is 1. The van der Waals surface area contributed by atoms with Crippen molar-refractivity contribution in [1.82, 2.24) is 10.2 Å². The van der Waals surface area contributed by atoms with Crippen molar-refractivity contribution in [2.75, 3.05) is 32.8 Å². The maximum atomic E-state index is 13.5. The van der Waals surface area contributed by atoms with Crippen LogP contribution in [0.5, 0.6) is 0 Å². The summed E-state index contributed by atoms with van der Waals surface area (Å²) in [5, 5.41) is 3.56. The number of carbonyl (C=O) groups excluding carboxylic acids is 1. The first-order chi connectivity index (χ1) is 13.5. The van der Waals surface area contributed by atoms with Gasteiger partial charge in [-0.3, -0.25) is 9.69 Å². The molecule has 4 rings (SSSR count). The highest BCUT2D eigenvalue weighted by Gasteiger charge is 2.27. The average molecular weight is 386 g/mol. The lowest BCUT2D eigenvalue weighted by molar-refractivity contribution is 0.0116. The summed E-state index contributed by atoms with van der Waals surface area (Å²) in [5.74, 6) is 1.16. The maximum absolute atomic E-state index is 13.5. The van der Waals surface area contributed by atoms with Gasteiger partial charge in [-0.05, 0) is 44.2 Å². The van der Waals surface area contributed by atoms with E-state index in [-0.39, 0.29) is 23.5 Å². The highest BCUT2D eigenvalue weighted by molar-refractivity contribution is 5.98. The summed E-state index contributed by atoms with van der Waals surface area (Å²) >= 11 is 0. The molecule has 3 aromatic rings. The third kappa shape index (κ3) is 3.68. The van der Waals surface area contributed by atoms with Gasteiger partial charge in [0.05, 0.1) is 19.3 Å². The summed E-state index contributed by atoms with van der Waals surface area (Å²) in [6.45, 7) is 6.87. The molecule has 0 saturated carbocycles. The van der Waals surface area contributed by atoms with Crippen LogP contribution in [-0.2, 0) is 4.74 Å². The van der Waals surface area contributed by atoms with E-state index < -0.39 is 0 Å². The number of aryl methyl sites for hydroxylation is 2. The van der Waals surface area contributed by atoms with E-state index in [2.05, 4.69) is 10.2 Å². The minimum atomic E-state index is -0.357. The molecular weight excluding hydrogens is 363 g/mol. The Hall–Kier alpha value is -2.64. The van der Waals surface area contributed by atoms with E-state index in [1.807, 2.05) is 19.1 Å². The molecule has 6 nitrogen and oxygen atoms in total. The number of halogens is 1. The van der Waals surface area contributed by atoms with E-state index in [1.165, 1.54) is 18.2 Å². The molecule has 0 aliphatic carbocycles. The quantitative estimate of drug-likeness (QED) is 0.726. The van der Waals surface area contributed by atoms with Crippen LogP contribution < -0.4 is 5.32 Å². The molecule has 1 atom stereocenters. The Morgan fingerprint density at radius 1 is 1.18 bits per heavy atom. The Morgan fingerprint density at radius 3 is 2.68 bits per heavy atom. The van der Waals surface area contributed by atoms with Crippen molar-refractivity contribution >= 4 is 16.9 Å². The monoisotopic (exact) mass is 386 g/mol. The molecule has 0 bridgehead atoms. The van der Waals surface area contributed by atoms with E-state index in [0.717, 1.165) is 24.6 Å². The van der Waals surface area contributed by atoms with E-state index in [9.17, 15) is 9.18 Å². The van der Waals surface area contributed by atoms with Crippen molar-refractivity contribution in [1.29, 1.82) is 0 Å². The molecule has 3 heterocycles. The van der Waals surface area contributed by atoms with Crippen molar-refractivity contribution in [3.05, 3.63) is 59.0 Å². The lowest BCUT2D eigenvalue weighted by Gasteiger charge is -2.33. The highest BCUT2D eigenvalue weighted by Crippen LogP contribution is 2.27. The van der Waals surface area contributed by atoms with Crippen LogP contribution in [0.4, 0.5) is 4.39 Å². The van der Waals surface area contributed by atoms with E-state index in [0.29, 0.717) is 36.3 Å². The number of hydrogen-bond donors (Lipinski definition) is 1. The first-order valence-corrected chi connectivity index (χ1v) is 9.38. The van der Waals surface area contributed by atoms with Gasteiger partial charge in [0.25, 0.3) is 5.91 Å². The standard InChI is InChI=1S/C21H23FN2O4/c1-13-3-5-19(27-13)17(24-7-9-26-10-8-24)12-23-21(25)20-14(2)16-11-15(22)4-6-18(16)28-20/h3-6,11,17H,7-10,12H2,1-2H3,(H,23,25)/t17-/m1/s1. The zero-order valence-corrected chi connectivity index (χ0v) is 16.0. The van der Waals surface area contributed by atoms with Gasteiger partial charge in [-0.15, -0.1) is 0 Å². The summed E-state index contributed by atoms with van der Waals surface area (Å²) < 4.78 is 30.4. The van der Waals surface area contributed by atoms with Gasteiger partial charge in [0, 0.05) is 30.6 Å². The molecule has 1 amide bonds. The molecule has 0 unspecified atom stereocenters. The highest BCUT2D eigenvalue weighted by atomic mass is 19.1. The van der Waals surface area contributed by atoms with Gasteiger partial charge in [0.1, 0.15) is 22.9 Å². The number of hydrogen-bond acceptors (Lipinski definition) is 5. The molecule has 0 spiro atoms. The van der Waals surface area contributed by atoms with Crippen molar-refractivity contribution in [3.8, 4) is 0 Å². The van der Waals surface area contributed by atoms with Gasteiger partial charge < -0.3 is 18.9 Å². The zero-order chi connectivity index (χ0) is 19.7. The summed E-state index contributed by atoms with van der Waals surface area (Å²) in [5.41, 5.74) is 1.12. The second-order valence-corrected chi connectivity index (χ2v) is 7.02. The Morgan fingerprint density at radius 2 is 1.96 bits per heavy atom. The Balaban J connectivity index is 1.53. The molecule has 1 aliphatic rings. The molecule has 1 N–H and O–H groups in total. The Bertz CT molecular complexity index is 988. The predicted octanol–water partition coefficient (Wildman–Crippen LogP) is 3.59. The number of furan rings is 2. The van der Waals surface area contributed by atoms with Crippen LogP contribution in [0.2, 0.25) is 0 Å². The molecule has 148 valence electrons. The molecule has 1 fully saturated rings. The van der Waals surface area contributed by atoms with Crippen LogP contribution in [0.15, 0.2) is 39.2 Å². The zero-order valence-electron chi connectivity index (χ0n) is 16.0. The SMILES string of the molecule is Cc1ccc([C@@H](CNC(=O)c2oc3ccc(F)cc3c2C)N2CCOCC2)o1. The number of amides is 1. The normalized spacial score (nSPS) is 16.4. The van der Waals surface area contributed by atoms with Crippen LogP contribution >= 0.6 is 0 Å². The van der Waals surface area contributed by atoms with Crippen LogP contribution in [0, 0.1) is 19.7 Å². The van der Waals surface area contributed by atoms with Crippen LogP contribution in [0.25, 0.3) is 11.0 Å². The van der Waals surface area contributed by atoms with Gasteiger partial charge in [-0.2, -0.15) is 0 Å². The fraction of sp³-hybridized carbons (Fsp3) is 0.381. The Labute approximate surface area is 162 Å². The molecule has 7 heteroatoms. The lowest BCUT2D eigenvalue weighted by atomic mass is 10.1. The molecule has 1 saturated heterocycles. The summed E-state index contributed by atoms with van der Waals surface area (Å²) in [6, 6.07) is 8.01. The second kappa shape index (κ2) is 7.77. The number of nitrogens with zero attached hydrogens (tertiary/aromatic N) is 1. The fourth-order valence-electron chi connectivity index (χ4n) is 3.61. The van der Waals surface area contributed by atoms with Gasteiger partial charge in [0.2, 0.25) is 0 Å². The third-order valence-corrected chi connectivity index (χ3v) is 5.14. The smallest absolute Gasteiger partial charge is 0.287 e. The first-order valence-electron chi connectivity index (χ1n) is 9.38. The van der Waals surface area contributed by atoms with Gasteiger partial charge in [0.15, 0.2) is 5.76 Å². The first kappa shape index (κ1) is 18.7. The van der Waals surface area contributed by atoms with Crippen molar-refractivity contribution < 1.29 is 22.8 Å². The van der Waals surface area contributed by atoms with Crippen molar-refractivity contribution in [3.63, 3.8) is 0 Å². The van der Waals surface area contributed by atoms with E-state index >= 15 is 0 Å². The number of rotatable bonds is 5. The fourth-order valence-corrected chi connectivity index (χ4v) is 3.61. The summed E-state index contributed by atoms with van der Waals surface area (Å²) in [4.78, 5) is 15.0. The molecule has 0 radical (unpaired) electrons. The van der Waals surface area contributed by atoms with Crippen molar-refractivity contribution in [2.24, 2.45) is 0 Å². The lowest BCUT2D eigenvalue weighted by Crippen LogP contribution is -2.43. The molecule has 1 aromatic carbocycles. The van der Waals surface area contributed by atoms with Gasteiger partial charge >= 0.3 is 0 Å². The van der Waals surface area contributed by atoms with Crippen LogP contribution in [0.3, 0.4) is 0 Å². The largest absolute Gasteiger partial charge is 0.465 e. The van der Waals surface area contributed by atoms with Crippen LogP contribution in [-0.4, -0.2) is 43.7 Å². The molecule has 1 aliphatic heterocycles. The van der Waals surface area contributed by atoms with E-state index in [4.69, 9.17) is 13.6 Å². The Kier molecular flexibility index (Phi) is 5.19. The molecular formula is C21H23FN2O4. The maximum Gasteiger partial charge on any atom is 0.287 e. The van der Waals surface area contributed by atoms with Gasteiger partial charge in [-0.1, -0.05) is 0 Å².